The van der Waals surface area contributed by atoms with Crippen molar-refractivity contribution in [1.29, 1.82) is 0 Å². The van der Waals surface area contributed by atoms with Crippen LogP contribution in [0.5, 0.6) is 0 Å². The molecule has 1 aromatic carbocycles. The van der Waals surface area contributed by atoms with Crippen molar-refractivity contribution in [3.05, 3.63) is 74.6 Å². The summed E-state index contributed by atoms with van der Waals surface area (Å²) in [5, 5.41) is 3.96. The predicted molar refractivity (Wildman–Crippen MR) is 76.4 cm³/mol. The highest BCUT2D eigenvalue weighted by atomic mass is 19.2. The monoisotopic (exact) mass is 319 g/mol. The van der Waals surface area contributed by atoms with Crippen LogP contribution in [0.1, 0.15) is 11.4 Å². The van der Waals surface area contributed by atoms with Crippen LogP contribution in [0.2, 0.25) is 0 Å². The van der Waals surface area contributed by atoms with Gasteiger partial charge in [-0.05, 0) is 12.1 Å². The number of halogens is 2. The van der Waals surface area contributed by atoms with E-state index in [0.717, 1.165) is 16.7 Å². The van der Waals surface area contributed by atoms with E-state index in [2.05, 4.69) is 15.1 Å². The minimum Gasteiger partial charge on any atom is -0.314 e. The van der Waals surface area contributed by atoms with Crippen LogP contribution in [0, 0.1) is 11.6 Å². The van der Waals surface area contributed by atoms with Crippen LogP contribution in [-0.2, 0) is 13.5 Å². The number of benzene rings is 1. The van der Waals surface area contributed by atoms with E-state index >= 15 is 0 Å². The smallest absolute Gasteiger partial charge is 0.314 e. The first-order valence-electron chi connectivity index (χ1n) is 6.59. The Kier molecular flexibility index (Phi) is 3.61. The van der Waals surface area contributed by atoms with Crippen molar-refractivity contribution in [3.63, 3.8) is 0 Å². The maximum Gasteiger partial charge on any atom is 0.328 e. The van der Waals surface area contributed by atoms with E-state index in [1.165, 1.54) is 30.3 Å². The molecule has 0 saturated carbocycles. The molecule has 7 nitrogen and oxygen atoms in total. The van der Waals surface area contributed by atoms with Crippen LogP contribution < -0.4 is 11.2 Å². The zero-order chi connectivity index (χ0) is 16.6. The summed E-state index contributed by atoms with van der Waals surface area (Å²) in [5.41, 5.74) is -0.420. The Labute approximate surface area is 127 Å². The maximum absolute atomic E-state index is 13.4. The molecular weight excluding hydrogens is 308 g/mol. The quantitative estimate of drug-likeness (QED) is 0.763. The molecule has 3 rings (SSSR count). The summed E-state index contributed by atoms with van der Waals surface area (Å²) < 4.78 is 28.6. The van der Waals surface area contributed by atoms with E-state index in [9.17, 15) is 18.4 Å². The molecule has 0 aliphatic heterocycles. The van der Waals surface area contributed by atoms with Gasteiger partial charge in [-0.15, -0.1) is 0 Å². The lowest BCUT2D eigenvalue weighted by atomic mass is 10.2. The summed E-state index contributed by atoms with van der Waals surface area (Å²) in [6, 6.07) is 3.31. The molecule has 2 heterocycles. The van der Waals surface area contributed by atoms with Crippen LogP contribution in [0.3, 0.4) is 0 Å². The fraction of sp³-hybridized carbons (Fsp3) is 0.143. The van der Waals surface area contributed by atoms with E-state index in [1.807, 2.05) is 0 Å². The van der Waals surface area contributed by atoms with Crippen molar-refractivity contribution in [1.82, 2.24) is 24.3 Å². The van der Waals surface area contributed by atoms with Gasteiger partial charge in [-0.2, -0.15) is 5.10 Å². The van der Waals surface area contributed by atoms with Gasteiger partial charge in [0.1, 0.15) is 12.2 Å². The molecule has 3 aromatic rings. The second kappa shape index (κ2) is 5.59. The molecule has 0 aliphatic carbocycles. The van der Waals surface area contributed by atoms with Crippen LogP contribution in [0.15, 0.2) is 40.3 Å². The van der Waals surface area contributed by atoms with Crippen LogP contribution in [0.25, 0.3) is 5.69 Å². The highest BCUT2D eigenvalue weighted by Gasteiger charge is 2.13. The molecular formula is C14H11F2N5O2. The lowest BCUT2D eigenvalue weighted by Crippen LogP contribution is -2.34. The normalized spacial score (nSPS) is 10.9. The summed E-state index contributed by atoms with van der Waals surface area (Å²) >= 11 is 0. The lowest BCUT2D eigenvalue weighted by molar-refractivity contribution is 0.507. The van der Waals surface area contributed by atoms with Gasteiger partial charge in [0.15, 0.2) is 11.6 Å². The molecule has 2 aromatic heterocycles. The zero-order valence-corrected chi connectivity index (χ0v) is 12.0. The van der Waals surface area contributed by atoms with E-state index < -0.39 is 22.9 Å². The van der Waals surface area contributed by atoms with Crippen molar-refractivity contribution in [2.75, 3.05) is 0 Å². The first-order valence-corrected chi connectivity index (χ1v) is 6.59. The molecule has 9 heteroatoms. The van der Waals surface area contributed by atoms with Crippen molar-refractivity contribution in [3.8, 4) is 5.69 Å². The Balaban J connectivity index is 2.02. The fourth-order valence-electron chi connectivity index (χ4n) is 2.13. The topological polar surface area (TPSA) is 85.6 Å². The number of aromatic nitrogens is 5. The van der Waals surface area contributed by atoms with Gasteiger partial charge in [-0.25, -0.2) is 23.2 Å². The molecule has 0 radical (unpaired) electrons. The minimum absolute atomic E-state index is 0.0719. The largest absolute Gasteiger partial charge is 0.328 e. The zero-order valence-electron chi connectivity index (χ0n) is 12.0. The van der Waals surface area contributed by atoms with Crippen molar-refractivity contribution in [2.45, 2.75) is 6.42 Å². The molecule has 0 fully saturated rings. The average molecular weight is 319 g/mol. The molecule has 0 saturated heterocycles. The number of nitrogens with zero attached hydrogens (tertiary/aromatic N) is 4. The summed E-state index contributed by atoms with van der Waals surface area (Å²) in [6.45, 7) is 0. The first kappa shape index (κ1) is 14.8. The molecule has 0 spiro atoms. The van der Waals surface area contributed by atoms with Crippen molar-refractivity contribution >= 4 is 0 Å². The van der Waals surface area contributed by atoms with Crippen molar-refractivity contribution in [2.24, 2.45) is 7.05 Å². The molecule has 1 N–H and O–H groups in total. The molecule has 118 valence electrons. The number of nitrogens with one attached hydrogen (secondary N) is 1. The maximum atomic E-state index is 13.4. The third-order valence-corrected chi connectivity index (χ3v) is 3.37. The van der Waals surface area contributed by atoms with E-state index in [0.29, 0.717) is 11.4 Å². The van der Waals surface area contributed by atoms with Gasteiger partial charge >= 0.3 is 5.69 Å². The Morgan fingerprint density at radius 1 is 1.22 bits per heavy atom. The molecule has 23 heavy (non-hydrogen) atoms. The number of H-pyrrole nitrogens is 1. The second-order valence-electron chi connectivity index (χ2n) is 4.85. The van der Waals surface area contributed by atoms with Gasteiger partial charge in [0, 0.05) is 31.3 Å². The van der Waals surface area contributed by atoms with E-state index in [4.69, 9.17) is 0 Å². The molecule has 0 aliphatic rings. The lowest BCUT2D eigenvalue weighted by Gasteiger charge is -2.07. The highest BCUT2D eigenvalue weighted by molar-refractivity contribution is 5.33. The Hall–Kier alpha value is -3.10. The number of aromatic amines is 1. The third-order valence-electron chi connectivity index (χ3n) is 3.37. The van der Waals surface area contributed by atoms with Crippen LogP contribution in [0.4, 0.5) is 8.78 Å². The van der Waals surface area contributed by atoms with Gasteiger partial charge in [0.05, 0.1) is 5.69 Å². The van der Waals surface area contributed by atoms with E-state index in [1.54, 1.807) is 0 Å². The number of hydrogen-bond donors (Lipinski definition) is 1. The third kappa shape index (κ3) is 2.68. The first-order chi connectivity index (χ1) is 11.0. The molecule has 0 atom stereocenters. The summed E-state index contributed by atoms with van der Waals surface area (Å²) in [7, 11) is 1.35. The fourth-order valence-corrected chi connectivity index (χ4v) is 2.13. The Bertz CT molecular complexity index is 989. The van der Waals surface area contributed by atoms with Gasteiger partial charge in [-0.3, -0.25) is 9.36 Å². The van der Waals surface area contributed by atoms with Crippen LogP contribution >= 0.6 is 0 Å². The average Bonchev–Trinajstić information content (AvgIpc) is 2.99. The highest BCUT2D eigenvalue weighted by Crippen LogP contribution is 2.14. The summed E-state index contributed by atoms with van der Waals surface area (Å²) in [6.07, 6.45) is 2.62. The Morgan fingerprint density at radius 3 is 2.74 bits per heavy atom. The van der Waals surface area contributed by atoms with Gasteiger partial charge in [0.25, 0.3) is 5.56 Å². The van der Waals surface area contributed by atoms with Crippen molar-refractivity contribution < 1.29 is 8.78 Å². The number of hydrogen-bond acceptors (Lipinski definition) is 4. The predicted octanol–water partition coefficient (Wildman–Crippen LogP) is 0.523. The van der Waals surface area contributed by atoms with Crippen LogP contribution in [-0.4, -0.2) is 24.3 Å². The van der Waals surface area contributed by atoms with E-state index in [-0.39, 0.29) is 12.1 Å². The standard InChI is InChI=1S/C14H11F2N5O2/c1-20-13(22)8(6-17-14(20)23)4-12-18-7-19-21(12)9-2-3-10(15)11(16)5-9/h2-3,5-7H,4H2,1H3,(H,17,23). The van der Waals surface area contributed by atoms with Gasteiger partial charge in [-0.1, -0.05) is 0 Å². The molecule has 0 amide bonds. The second-order valence-corrected chi connectivity index (χ2v) is 4.85. The minimum atomic E-state index is -1.01. The van der Waals surface area contributed by atoms with Gasteiger partial charge in [0.2, 0.25) is 0 Å². The summed E-state index contributed by atoms with van der Waals surface area (Å²) in [4.78, 5) is 29.9. The summed E-state index contributed by atoms with van der Waals surface area (Å²) in [5.74, 6) is -1.63. The number of rotatable bonds is 3. The SMILES string of the molecule is Cn1c(=O)[nH]cc(Cc2ncnn2-c2ccc(F)c(F)c2)c1=O. The Morgan fingerprint density at radius 2 is 2.00 bits per heavy atom. The molecule has 0 bridgehead atoms. The molecule has 0 unspecified atom stereocenters. The van der Waals surface area contributed by atoms with Gasteiger partial charge < -0.3 is 4.98 Å².